The number of aryl methyl sites for hydroxylation is 1. The van der Waals surface area contributed by atoms with Gasteiger partial charge in [0, 0.05) is 39.6 Å². The highest BCUT2D eigenvalue weighted by atomic mass is 32.2. The van der Waals surface area contributed by atoms with Gasteiger partial charge in [0.1, 0.15) is 28.5 Å². The van der Waals surface area contributed by atoms with Crippen LogP contribution in [0.15, 0.2) is 77.8 Å². The maximum Gasteiger partial charge on any atom is 0.237 e. The van der Waals surface area contributed by atoms with E-state index in [1.165, 1.54) is 11.8 Å². The van der Waals surface area contributed by atoms with Gasteiger partial charge in [0.25, 0.3) is 0 Å². The van der Waals surface area contributed by atoms with Crippen LogP contribution in [0.1, 0.15) is 31.4 Å². The lowest BCUT2D eigenvalue weighted by atomic mass is 9.97. The molecule has 3 aromatic carbocycles. The normalized spacial score (nSPS) is 11.7. The van der Waals surface area contributed by atoms with Crippen LogP contribution in [0.5, 0.6) is 0 Å². The van der Waals surface area contributed by atoms with Crippen LogP contribution in [0.25, 0.3) is 32.9 Å². The number of nitrogens with zero attached hydrogens (tertiary/aromatic N) is 4. The van der Waals surface area contributed by atoms with E-state index in [-0.39, 0.29) is 22.9 Å². The molecule has 0 bridgehead atoms. The molecule has 1 unspecified atom stereocenters. The third kappa shape index (κ3) is 4.67. The molecule has 0 spiro atoms. The van der Waals surface area contributed by atoms with Gasteiger partial charge in [-0.25, -0.2) is 4.98 Å². The number of fused-ring (bicyclic) bond motifs is 3. The van der Waals surface area contributed by atoms with Crippen LogP contribution < -0.4 is 11.1 Å². The Balaban J connectivity index is 1.48. The quantitative estimate of drug-likeness (QED) is 0.226. The van der Waals surface area contributed by atoms with Crippen molar-refractivity contribution < 1.29 is 4.79 Å². The van der Waals surface area contributed by atoms with Crippen LogP contribution in [0.2, 0.25) is 0 Å². The summed E-state index contributed by atoms with van der Waals surface area (Å²) in [4.78, 5) is 17.8. The summed E-state index contributed by atoms with van der Waals surface area (Å²) in [7, 11) is 0. The Bertz CT molecular complexity index is 1800. The molecule has 5 aromatic rings. The monoisotopic (exact) mass is 530 g/mol. The molecule has 0 aliphatic carbocycles. The zero-order valence-corrected chi connectivity index (χ0v) is 22.4. The summed E-state index contributed by atoms with van der Waals surface area (Å²) >= 11 is 1.18. The fourth-order valence-corrected chi connectivity index (χ4v) is 5.95. The zero-order valence-electron chi connectivity index (χ0n) is 21.6. The van der Waals surface area contributed by atoms with Crippen molar-refractivity contribution >= 4 is 51.0 Å². The Morgan fingerprint density at radius 2 is 1.67 bits per heavy atom. The second-order valence-electron chi connectivity index (χ2n) is 9.01. The summed E-state index contributed by atoms with van der Waals surface area (Å²) in [5.74, 6) is -0.165. The number of hydrogen-bond acceptors (Lipinski definition) is 6. The second-order valence-corrected chi connectivity index (χ2v) is 10.2. The van der Waals surface area contributed by atoms with Crippen molar-refractivity contribution in [3.63, 3.8) is 0 Å². The van der Waals surface area contributed by atoms with E-state index in [9.17, 15) is 15.3 Å². The molecule has 0 aliphatic rings. The van der Waals surface area contributed by atoms with Crippen LogP contribution in [0, 0.1) is 22.7 Å². The average molecular weight is 531 g/mol. The van der Waals surface area contributed by atoms with Gasteiger partial charge in [-0.1, -0.05) is 67.2 Å². The molecule has 3 N–H and O–H groups in total. The van der Waals surface area contributed by atoms with Crippen LogP contribution in [0.3, 0.4) is 0 Å². The number of rotatable bonds is 7. The molecule has 192 valence electrons. The first-order chi connectivity index (χ1) is 19.0. The van der Waals surface area contributed by atoms with E-state index in [1.54, 1.807) is 0 Å². The van der Waals surface area contributed by atoms with E-state index in [0.717, 1.165) is 28.4 Å². The van der Waals surface area contributed by atoms with E-state index in [1.807, 2.05) is 67.6 Å². The lowest BCUT2D eigenvalue weighted by molar-refractivity contribution is -0.115. The highest BCUT2D eigenvalue weighted by Crippen LogP contribution is 2.38. The number of amides is 1. The summed E-state index contributed by atoms with van der Waals surface area (Å²) in [5.41, 5.74) is 10.6. The Morgan fingerprint density at radius 1 is 0.974 bits per heavy atom. The van der Waals surface area contributed by atoms with Gasteiger partial charge >= 0.3 is 0 Å². The molecule has 0 aliphatic heterocycles. The van der Waals surface area contributed by atoms with Gasteiger partial charge in [-0.15, -0.1) is 0 Å². The number of nitrogens with two attached hydrogens (primary N) is 1. The van der Waals surface area contributed by atoms with Gasteiger partial charge < -0.3 is 15.6 Å². The van der Waals surface area contributed by atoms with Crippen molar-refractivity contribution in [1.29, 1.82) is 10.5 Å². The Hall–Kier alpha value is -4.79. The molecule has 0 radical (unpaired) electrons. The predicted molar refractivity (Wildman–Crippen MR) is 157 cm³/mol. The van der Waals surface area contributed by atoms with E-state index in [0.29, 0.717) is 28.3 Å². The summed E-state index contributed by atoms with van der Waals surface area (Å²) < 4.78 is 2.26. The number of carbonyl (C=O) groups is 1. The van der Waals surface area contributed by atoms with Crippen molar-refractivity contribution in [3.05, 3.63) is 83.9 Å². The number of carbonyl (C=O) groups excluding carboxylic acids is 1. The van der Waals surface area contributed by atoms with Crippen molar-refractivity contribution in [2.45, 2.75) is 37.1 Å². The molecule has 39 heavy (non-hydrogen) atoms. The number of benzene rings is 3. The first-order valence-corrected chi connectivity index (χ1v) is 13.6. The number of aromatic nitrogens is 2. The standard InChI is InChI=1S/C31H26N6OS/c1-3-27(39-31-24(18-33)28(19-10-6-5-7-11-19)23(17-32)29(34)36-31)30(38)35-20-14-15-26-22(16-20)21-12-8-9-13-25(21)37(26)4-2/h5-16,27H,3-4H2,1-2H3,(H2,34,36)(H,35,38). The zero-order chi connectivity index (χ0) is 27.5. The van der Waals surface area contributed by atoms with Gasteiger partial charge in [0.2, 0.25) is 5.91 Å². The molecule has 1 amide bonds. The van der Waals surface area contributed by atoms with Crippen molar-refractivity contribution in [2.75, 3.05) is 11.1 Å². The largest absolute Gasteiger partial charge is 0.383 e. The molecule has 8 heteroatoms. The van der Waals surface area contributed by atoms with E-state index >= 15 is 0 Å². The number of pyridine rings is 1. The van der Waals surface area contributed by atoms with Crippen LogP contribution in [-0.2, 0) is 11.3 Å². The number of nitrogens with one attached hydrogen (secondary N) is 1. The third-order valence-electron chi connectivity index (χ3n) is 6.75. The minimum Gasteiger partial charge on any atom is -0.383 e. The van der Waals surface area contributed by atoms with Crippen molar-refractivity contribution in [2.24, 2.45) is 0 Å². The van der Waals surface area contributed by atoms with Crippen LogP contribution in [0.4, 0.5) is 11.5 Å². The first kappa shape index (κ1) is 25.8. The minimum absolute atomic E-state index is 0.0332. The van der Waals surface area contributed by atoms with E-state index in [4.69, 9.17) is 5.73 Å². The third-order valence-corrected chi connectivity index (χ3v) is 8.10. The van der Waals surface area contributed by atoms with Crippen molar-refractivity contribution in [1.82, 2.24) is 9.55 Å². The number of para-hydroxylation sites is 1. The molecule has 0 saturated carbocycles. The van der Waals surface area contributed by atoms with Gasteiger partial charge in [-0.05, 0) is 43.2 Å². The smallest absolute Gasteiger partial charge is 0.237 e. The molecular formula is C31H26N6OS. The minimum atomic E-state index is -0.534. The van der Waals surface area contributed by atoms with Gasteiger partial charge in [0.15, 0.2) is 0 Å². The topological polar surface area (TPSA) is 121 Å². The maximum absolute atomic E-state index is 13.4. The lowest BCUT2D eigenvalue weighted by Gasteiger charge is -2.17. The number of nitrogen functional groups attached to an aromatic ring is 1. The fraction of sp³-hybridized carbons (Fsp3) is 0.161. The van der Waals surface area contributed by atoms with Crippen LogP contribution in [-0.4, -0.2) is 20.7 Å². The van der Waals surface area contributed by atoms with Crippen molar-refractivity contribution in [3.8, 4) is 23.3 Å². The molecule has 2 heterocycles. The van der Waals surface area contributed by atoms with Crippen LogP contribution >= 0.6 is 11.8 Å². The summed E-state index contributed by atoms with van der Waals surface area (Å²) in [6, 6.07) is 27.6. The predicted octanol–water partition coefficient (Wildman–Crippen LogP) is 6.71. The lowest BCUT2D eigenvalue weighted by Crippen LogP contribution is -2.25. The van der Waals surface area contributed by atoms with E-state index in [2.05, 4.69) is 46.1 Å². The molecule has 2 aromatic heterocycles. The van der Waals surface area contributed by atoms with E-state index < -0.39 is 5.25 Å². The van der Waals surface area contributed by atoms with Gasteiger partial charge in [0.05, 0.1) is 10.8 Å². The number of nitriles is 2. The molecule has 0 fully saturated rings. The molecule has 1 atom stereocenters. The molecule has 5 rings (SSSR count). The summed E-state index contributed by atoms with van der Waals surface area (Å²) in [6.45, 7) is 4.87. The molecular weight excluding hydrogens is 504 g/mol. The fourth-order valence-electron chi connectivity index (χ4n) is 4.93. The molecule has 7 nitrogen and oxygen atoms in total. The Labute approximate surface area is 230 Å². The Kier molecular flexibility index (Phi) is 7.23. The number of anilines is 2. The average Bonchev–Trinajstić information content (AvgIpc) is 3.28. The number of hydrogen-bond donors (Lipinski definition) is 2. The number of thioether (sulfide) groups is 1. The molecule has 0 saturated heterocycles. The highest BCUT2D eigenvalue weighted by Gasteiger charge is 2.25. The Morgan fingerprint density at radius 3 is 2.36 bits per heavy atom. The second kappa shape index (κ2) is 10.9. The SMILES string of the molecule is CCC(Sc1nc(N)c(C#N)c(-c2ccccc2)c1C#N)C(=O)Nc1ccc2c(c1)c1ccccc1n2CC. The summed E-state index contributed by atoms with van der Waals surface area (Å²) in [5, 5.41) is 24.9. The summed E-state index contributed by atoms with van der Waals surface area (Å²) in [6.07, 6.45) is 0.501. The van der Waals surface area contributed by atoms with Gasteiger partial charge in [-0.2, -0.15) is 10.5 Å². The highest BCUT2D eigenvalue weighted by molar-refractivity contribution is 8.00. The maximum atomic E-state index is 13.4. The van der Waals surface area contributed by atoms with Gasteiger partial charge in [-0.3, -0.25) is 4.79 Å². The first-order valence-electron chi connectivity index (χ1n) is 12.7.